The summed E-state index contributed by atoms with van der Waals surface area (Å²) in [5, 5.41) is 2.32. The molecule has 3 rings (SSSR count). The number of benzene rings is 2. The van der Waals surface area contributed by atoms with E-state index in [9.17, 15) is 14.1 Å². The van der Waals surface area contributed by atoms with Gasteiger partial charge in [-0.05, 0) is 79.9 Å². The Kier molecular flexibility index (Phi) is 8.02. The molecule has 3 aromatic rings. The standard InChI is InChI=1S/C25H25FN2O4/c1-3-4-8-24(22-7-5-6-21(27-22)18-9-11-19(26)12-10-18)32-20-13-14-23(17(2)15-20)31-16-25(29)28-30/h5-7,9-15,24H,3-4,8,16H2,1-2H3. The van der Waals surface area contributed by atoms with Gasteiger partial charge in [-0.15, -0.1) is 4.91 Å². The summed E-state index contributed by atoms with van der Waals surface area (Å²) in [5.41, 5.74) is 3.14. The molecular weight excluding hydrogens is 411 g/mol. The molecule has 0 N–H and O–H groups in total. The first kappa shape index (κ1) is 23.1. The maximum absolute atomic E-state index is 13.3. The van der Waals surface area contributed by atoms with Crippen LogP contribution in [-0.2, 0) is 4.79 Å². The molecule has 7 heteroatoms. The maximum Gasteiger partial charge on any atom is 0.323 e. The van der Waals surface area contributed by atoms with E-state index in [0.29, 0.717) is 11.5 Å². The molecule has 0 radical (unpaired) electrons. The highest BCUT2D eigenvalue weighted by Gasteiger charge is 2.17. The third-order valence-electron chi connectivity index (χ3n) is 4.94. The molecule has 166 valence electrons. The van der Waals surface area contributed by atoms with Crippen LogP contribution < -0.4 is 9.47 Å². The molecule has 0 spiro atoms. The van der Waals surface area contributed by atoms with E-state index < -0.39 is 12.5 Å². The van der Waals surface area contributed by atoms with Gasteiger partial charge in [-0.3, -0.25) is 4.79 Å². The minimum atomic E-state index is -0.864. The minimum Gasteiger partial charge on any atom is -0.484 e. The molecule has 0 aliphatic carbocycles. The van der Waals surface area contributed by atoms with Crippen molar-refractivity contribution in [3.05, 3.63) is 82.6 Å². The number of hydrogen-bond donors (Lipinski definition) is 0. The van der Waals surface area contributed by atoms with E-state index in [1.54, 1.807) is 24.3 Å². The summed E-state index contributed by atoms with van der Waals surface area (Å²) in [5.74, 6) is -0.0271. The minimum absolute atomic E-state index is 0.262. The largest absolute Gasteiger partial charge is 0.484 e. The molecule has 1 atom stereocenters. The van der Waals surface area contributed by atoms with Gasteiger partial charge in [-0.25, -0.2) is 9.37 Å². The number of amides is 1. The van der Waals surface area contributed by atoms with Crippen molar-refractivity contribution < 1.29 is 18.7 Å². The Hall–Kier alpha value is -3.61. The van der Waals surface area contributed by atoms with E-state index in [1.807, 2.05) is 31.2 Å². The number of nitroso groups, excluding NO2 is 1. The molecule has 0 aliphatic rings. The zero-order valence-corrected chi connectivity index (χ0v) is 18.1. The zero-order chi connectivity index (χ0) is 22.9. The number of unbranched alkanes of at least 4 members (excludes halogenated alkanes) is 1. The molecular formula is C25H25FN2O4. The van der Waals surface area contributed by atoms with Crippen LogP contribution in [0, 0.1) is 17.6 Å². The van der Waals surface area contributed by atoms with Gasteiger partial charge >= 0.3 is 5.91 Å². The maximum atomic E-state index is 13.3. The van der Waals surface area contributed by atoms with Crippen LogP contribution in [0.5, 0.6) is 11.5 Å². The summed E-state index contributed by atoms with van der Waals surface area (Å²) in [4.78, 5) is 26.0. The number of carbonyl (C=O) groups excluding carboxylic acids is 1. The summed E-state index contributed by atoms with van der Waals surface area (Å²) in [7, 11) is 0. The van der Waals surface area contributed by atoms with Crippen molar-refractivity contribution in [1.29, 1.82) is 0 Å². The molecule has 32 heavy (non-hydrogen) atoms. The second-order valence-corrected chi connectivity index (χ2v) is 7.40. The van der Waals surface area contributed by atoms with E-state index >= 15 is 0 Å². The first-order chi connectivity index (χ1) is 15.5. The predicted molar refractivity (Wildman–Crippen MR) is 120 cm³/mol. The van der Waals surface area contributed by atoms with Crippen molar-refractivity contribution in [2.24, 2.45) is 5.18 Å². The molecule has 0 saturated carbocycles. The summed E-state index contributed by atoms with van der Waals surface area (Å²) >= 11 is 0. The van der Waals surface area contributed by atoms with Crippen LogP contribution in [-0.4, -0.2) is 17.5 Å². The number of aromatic nitrogens is 1. The first-order valence-electron chi connectivity index (χ1n) is 10.5. The lowest BCUT2D eigenvalue weighted by Crippen LogP contribution is -2.11. The fraction of sp³-hybridized carbons (Fsp3) is 0.280. The monoisotopic (exact) mass is 436 g/mol. The summed E-state index contributed by atoms with van der Waals surface area (Å²) in [6, 6.07) is 17.2. The highest BCUT2D eigenvalue weighted by atomic mass is 19.1. The van der Waals surface area contributed by atoms with Gasteiger partial charge < -0.3 is 9.47 Å². The Balaban J connectivity index is 1.80. The van der Waals surface area contributed by atoms with Crippen LogP contribution in [0.4, 0.5) is 4.39 Å². The Labute approximate surface area is 186 Å². The second-order valence-electron chi connectivity index (χ2n) is 7.40. The van der Waals surface area contributed by atoms with Gasteiger partial charge in [0.05, 0.1) is 11.4 Å². The van der Waals surface area contributed by atoms with E-state index in [0.717, 1.165) is 41.8 Å². The number of nitrogens with zero attached hydrogens (tertiary/aromatic N) is 2. The number of ether oxygens (including phenoxy) is 2. The number of hydrogen-bond acceptors (Lipinski definition) is 5. The van der Waals surface area contributed by atoms with E-state index in [2.05, 4.69) is 12.1 Å². The normalized spacial score (nSPS) is 11.6. The lowest BCUT2D eigenvalue weighted by atomic mass is 10.1. The van der Waals surface area contributed by atoms with E-state index in [1.165, 1.54) is 12.1 Å². The predicted octanol–water partition coefficient (Wildman–Crippen LogP) is 6.18. The van der Waals surface area contributed by atoms with Gasteiger partial charge in [0.15, 0.2) is 6.61 Å². The number of aryl methyl sites for hydroxylation is 1. The van der Waals surface area contributed by atoms with Crippen molar-refractivity contribution in [2.45, 2.75) is 39.2 Å². The molecule has 0 saturated heterocycles. The van der Waals surface area contributed by atoms with E-state index in [-0.39, 0.29) is 11.9 Å². The fourth-order valence-electron chi connectivity index (χ4n) is 3.26. The summed E-state index contributed by atoms with van der Waals surface area (Å²) in [6.07, 6.45) is 2.51. The molecule has 1 unspecified atom stereocenters. The van der Waals surface area contributed by atoms with Crippen LogP contribution >= 0.6 is 0 Å². The first-order valence-corrected chi connectivity index (χ1v) is 10.5. The molecule has 1 aromatic heterocycles. The smallest absolute Gasteiger partial charge is 0.323 e. The lowest BCUT2D eigenvalue weighted by Gasteiger charge is -2.20. The van der Waals surface area contributed by atoms with Crippen molar-refractivity contribution in [3.63, 3.8) is 0 Å². The van der Waals surface area contributed by atoms with Crippen molar-refractivity contribution >= 4 is 5.91 Å². The van der Waals surface area contributed by atoms with Gasteiger partial charge in [0.2, 0.25) is 0 Å². The quantitative estimate of drug-likeness (QED) is 0.355. The average Bonchev–Trinajstić information content (AvgIpc) is 2.81. The average molecular weight is 436 g/mol. The topological polar surface area (TPSA) is 77.9 Å². The van der Waals surface area contributed by atoms with Crippen LogP contribution in [0.25, 0.3) is 11.3 Å². The number of pyridine rings is 1. The van der Waals surface area contributed by atoms with Crippen LogP contribution in [0.1, 0.15) is 43.5 Å². The Morgan fingerprint density at radius 1 is 1.12 bits per heavy atom. The Morgan fingerprint density at radius 2 is 1.91 bits per heavy atom. The molecule has 0 fully saturated rings. The van der Waals surface area contributed by atoms with Gasteiger partial charge in [0.1, 0.15) is 23.4 Å². The highest BCUT2D eigenvalue weighted by Crippen LogP contribution is 2.30. The third kappa shape index (κ3) is 6.20. The van der Waals surface area contributed by atoms with Gasteiger partial charge in [0.25, 0.3) is 0 Å². The number of halogens is 1. The summed E-state index contributed by atoms with van der Waals surface area (Å²) < 4.78 is 24.9. The summed E-state index contributed by atoms with van der Waals surface area (Å²) in [6.45, 7) is 3.55. The zero-order valence-electron chi connectivity index (χ0n) is 18.1. The van der Waals surface area contributed by atoms with Crippen molar-refractivity contribution in [3.8, 4) is 22.8 Å². The molecule has 1 amide bonds. The highest BCUT2D eigenvalue weighted by molar-refractivity contribution is 5.78. The number of carbonyl (C=O) groups is 1. The molecule has 0 aliphatic heterocycles. The Bertz CT molecular complexity index is 1070. The van der Waals surface area contributed by atoms with Gasteiger partial charge in [-0.1, -0.05) is 19.4 Å². The van der Waals surface area contributed by atoms with Crippen LogP contribution in [0.15, 0.2) is 65.8 Å². The lowest BCUT2D eigenvalue weighted by molar-refractivity contribution is -0.119. The van der Waals surface area contributed by atoms with Crippen LogP contribution in [0.3, 0.4) is 0 Å². The SMILES string of the molecule is CCCCC(Oc1ccc(OCC(=O)N=O)c(C)c1)c1cccc(-c2ccc(F)cc2)n1. The second kappa shape index (κ2) is 11.1. The fourth-order valence-corrected chi connectivity index (χ4v) is 3.26. The van der Waals surface area contributed by atoms with Crippen molar-refractivity contribution in [2.75, 3.05) is 6.61 Å². The Morgan fingerprint density at radius 3 is 2.59 bits per heavy atom. The van der Waals surface area contributed by atoms with Crippen molar-refractivity contribution in [1.82, 2.24) is 4.98 Å². The van der Waals surface area contributed by atoms with E-state index in [4.69, 9.17) is 14.5 Å². The number of rotatable bonds is 10. The third-order valence-corrected chi connectivity index (χ3v) is 4.94. The van der Waals surface area contributed by atoms with Gasteiger partial charge in [0, 0.05) is 10.7 Å². The van der Waals surface area contributed by atoms with Gasteiger partial charge in [-0.2, -0.15) is 0 Å². The molecule has 2 aromatic carbocycles. The molecule has 1 heterocycles. The van der Waals surface area contributed by atoms with Crippen LogP contribution in [0.2, 0.25) is 0 Å². The molecule has 6 nitrogen and oxygen atoms in total. The molecule has 0 bridgehead atoms.